The van der Waals surface area contributed by atoms with E-state index in [-0.39, 0.29) is 30.1 Å². The van der Waals surface area contributed by atoms with Crippen LogP contribution < -0.4 is 15.4 Å². The van der Waals surface area contributed by atoms with Gasteiger partial charge in [0.15, 0.2) is 0 Å². The van der Waals surface area contributed by atoms with Gasteiger partial charge in [-0.15, -0.1) is 0 Å². The molecule has 0 bridgehead atoms. The summed E-state index contributed by atoms with van der Waals surface area (Å²) in [5, 5.41) is 15.7. The van der Waals surface area contributed by atoms with Gasteiger partial charge >= 0.3 is 0 Å². The second-order valence-corrected chi connectivity index (χ2v) is 7.96. The summed E-state index contributed by atoms with van der Waals surface area (Å²) in [7, 11) is 1.57. The van der Waals surface area contributed by atoms with Crippen LogP contribution in [0.15, 0.2) is 24.3 Å². The zero-order valence-electron chi connectivity index (χ0n) is 17.3. The van der Waals surface area contributed by atoms with E-state index in [0.717, 1.165) is 10.9 Å². The molecule has 1 aromatic carbocycles. The summed E-state index contributed by atoms with van der Waals surface area (Å²) < 4.78 is 5.36. The largest absolute Gasteiger partial charge is 0.496 e. The van der Waals surface area contributed by atoms with Crippen LogP contribution in [0.3, 0.4) is 0 Å². The van der Waals surface area contributed by atoms with Gasteiger partial charge in [-0.3, -0.25) is 14.4 Å². The van der Waals surface area contributed by atoms with Crippen LogP contribution in [0.5, 0.6) is 5.75 Å². The lowest BCUT2D eigenvalue weighted by molar-refractivity contribution is -0.126. The molecule has 31 heavy (non-hydrogen) atoms. The van der Waals surface area contributed by atoms with Gasteiger partial charge in [0.25, 0.3) is 5.91 Å². The monoisotopic (exact) mass is 423 g/mol. The summed E-state index contributed by atoms with van der Waals surface area (Å²) in [6, 6.07) is 7.92. The number of aromatic amines is 1. The van der Waals surface area contributed by atoms with Gasteiger partial charge in [0.2, 0.25) is 11.8 Å². The van der Waals surface area contributed by atoms with Crippen molar-refractivity contribution >= 4 is 28.6 Å². The Balaban J connectivity index is 1.46. The number of nitriles is 1. The molecule has 1 aromatic heterocycles. The molecular weight excluding hydrogens is 398 g/mol. The number of benzene rings is 1. The van der Waals surface area contributed by atoms with Crippen molar-refractivity contribution in [3.63, 3.8) is 0 Å². The highest BCUT2D eigenvalue weighted by molar-refractivity contribution is 6.01. The number of carbonyl (C=O) groups is 3. The highest BCUT2D eigenvalue weighted by Gasteiger charge is 2.37. The fraction of sp³-hybridized carbons (Fsp3) is 0.455. The van der Waals surface area contributed by atoms with Gasteiger partial charge < -0.3 is 25.3 Å². The van der Waals surface area contributed by atoms with E-state index in [9.17, 15) is 19.6 Å². The Morgan fingerprint density at radius 3 is 2.94 bits per heavy atom. The van der Waals surface area contributed by atoms with Crippen molar-refractivity contribution in [2.75, 3.05) is 20.2 Å². The number of methoxy groups -OCH3 is 1. The van der Waals surface area contributed by atoms with Crippen LogP contribution in [0.2, 0.25) is 0 Å². The van der Waals surface area contributed by atoms with E-state index in [0.29, 0.717) is 43.8 Å². The van der Waals surface area contributed by atoms with Crippen LogP contribution in [-0.2, 0) is 9.59 Å². The SMILES string of the molecule is COc1cccc2[nH]c(C(=O)N3CCC[C@H]3C(=O)N[C@H](C#N)C[C@@H]3CCNC3=O)cc12. The van der Waals surface area contributed by atoms with Gasteiger partial charge in [-0.2, -0.15) is 5.26 Å². The van der Waals surface area contributed by atoms with Crippen LogP contribution in [0, 0.1) is 17.2 Å². The zero-order valence-corrected chi connectivity index (χ0v) is 17.3. The molecule has 3 N–H and O–H groups in total. The molecule has 0 saturated carbocycles. The first-order valence-corrected chi connectivity index (χ1v) is 10.5. The summed E-state index contributed by atoms with van der Waals surface area (Å²) in [6.45, 7) is 1.06. The number of aromatic nitrogens is 1. The second kappa shape index (κ2) is 8.68. The number of nitrogens with zero attached hydrogens (tertiary/aromatic N) is 2. The topological polar surface area (TPSA) is 127 Å². The minimum atomic E-state index is -0.767. The van der Waals surface area contributed by atoms with Crippen molar-refractivity contribution < 1.29 is 19.1 Å². The third-order valence-corrected chi connectivity index (χ3v) is 6.05. The predicted molar refractivity (Wildman–Crippen MR) is 112 cm³/mol. The third-order valence-electron chi connectivity index (χ3n) is 6.05. The fourth-order valence-corrected chi connectivity index (χ4v) is 4.42. The maximum atomic E-state index is 13.2. The van der Waals surface area contributed by atoms with E-state index in [2.05, 4.69) is 21.7 Å². The number of carbonyl (C=O) groups excluding carboxylic acids is 3. The molecule has 2 fully saturated rings. The number of hydrogen-bond acceptors (Lipinski definition) is 5. The van der Waals surface area contributed by atoms with Crippen molar-refractivity contribution in [2.45, 2.75) is 37.8 Å². The van der Waals surface area contributed by atoms with Crippen LogP contribution in [0.1, 0.15) is 36.2 Å². The normalized spacial score (nSPS) is 21.5. The predicted octanol–water partition coefficient (Wildman–Crippen LogP) is 1.32. The molecule has 3 atom stereocenters. The van der Waals surface area contributed by atoms with Gasteiger partial charge in [0, 0.05) is 29.9 Å². The number of fused-ring (bicyclic) bond motifs is 1. The number of amides is 3. The molecule has 162 valence electrons. The molecule has 0 unspecified atom stereocenters. The maximum Gasteiger partial charge on any atom is 0.270 e. The maximum absolute atomic E-state index is 13.2. The summed E-state index contributed by atoms with van der Waals surface area (Å²) >= 11 is 0. The molecule has 0 radical (unpaired) electrons. The van der Waals surface area contributed by atoms with Gasteiger partial charge in [-0.1, -0.05) is 6.07 Å². The van der Waals surface area contributed by atoms with Crippen LogP contribution in [0.25, 0.3) is 10.9 Å². The number of ether oxygens (including phenoxy) is 1. The quantitative estimate of drug-likeness (QED) is 0.646. The fourth-order valence-electron chi connectivity index (χ4n) is 4.42. The van der Waals surface area contributed by atoms with E-state index in [1.54, 1.807) is 18.1 Å². The molecule has 0 aliphatic carbocycles. The van der Waals surface area contributed by atoms with E-state index >= 15 is 0 Å². The minimum absolute atomic E-state index is 0.0820. The summed E-state index contributed by atoms with van der Waals surface area (Å²) in [6.07, 6.45) is 2.17. The summed E-state index contributed by atoms with van der Waals surface area (Å²) in [5.74, 6) is -0.311. The van der Waals surface area contributed by atoms with Crippen LogP contribution in [0.4, 0.5) is 0 Å². The molecule has 2 aliphatic rings. The van der Waals surface area contributed by atoms with Crippen LogP contribution in [-0.4, -0.2) is 59.9 Å². The molecule has 2 saturated heterocycles. The van der Waals surface area contributed by atoms with Crippen molar-refractivity contribution in [3.8, 4) is 11.8 Å². The Hall–Kier alpha value is -3.54. The number of likely N-dealkylation sites (tertiary alicyclic amines) is 1. The highest BCUT2D eigenvalue weighted by Crippen LogP contribution is 2.28. The third kappa shape index (κ3) is 4.06. The Morgan fingerprint density at radius 1 is 1.39 bits per heavy atom. The smallest absolute Gasteiger partial charge is 0.270 e. The lowest BCUT2D eigenvalue weighted by atomic mass is 9.99. The lowest BCUT2D eigenvalue weighted by Gasteiger charge is -2.25. The Labute approximate surface area is 179 Å². The van der Waals surface area contributed by atoms with Crippen LogP contribution >= 0.6 is 0 Å². The number of nitrogens with one attached hydrogen (secondary N) is 3. The Morgan fingerprint density at radius 2 is 2.23 bits per heavy atom. The average molecular weight is 423 g/mol. The first-order valence-electron chi connectivity index (χ1n) is 10.5. The first kappa shape index (κ1) is 20.7. The summed E-state index contributed by atoms with van der Waals surface area (Å²) in [4.78, 5) is 42.5. The number of rotatable bonds is 6. The van der Waals surface area contributed by atoms with Gasteiger partial charge in [0.1, 0.15) is 23.5 Å². The Kier molecular flexibility index (Phi) is 5.80. The van der Waals surface area contributed by atoms with E-state index in [4.69, 9.17) is 4.74 Å². The van der Waals surface area contributed by atoms with Crippen molar-refractivity contribution in [1.82, 2.24) is 20.5 Å². The van der Waals surface area contributed by atoms with Gasteiger partial charge in [-0.25, -0.2) is 0 Å². The molecule has 4 rings (SSSR count). The molecule has 9 heteroatoms. The van der Waals surface area contributed by atoms with E-state index < -0.39 is 12.1 Å². The number of H-pyrrole nitrogens is 1. The first-order chi connectivity index (χ1) is 15.0. The Bertz CT molecular complexity index is 1060. The zero-order chi connectivity index (χ0) is 22.0. The molecule has 0 spiro atoms. The lowest BCUT2D eigenvalue weighted by Crippen LogP contribution is -2.49. The minimum Gasteiger partial charge on any atom is -0.496 e. The van der Waals surface area contributed by atoms with E-state index in [1.807, 2.05) is 18.2 Å². The second-order valence-electron chi connectivity index (χ2n) is 7.96. The molecule has 2 aromatic rings. The molecule has 9 nitrogen and oxygen atoms in total. The van der Waals surface area contributed by atoms with Crippen molar-refractivity contribution in [2.24, 2.45) is 5.92 Å². The standard InChI is InChI=1S/C22H25N5O4/c1-31-19-6-2-4-16-15(19)11-17(26-16)22(30)27-9-3-5-18(27)21(29)25-14(12-23)10-13-7-8-24-20(13)28/h2,4,6,11,13-14,18,26H,3,5,7-10H2,1H3,(H,24,28)(H,25,29)/t13-,14-,18-/m0/s1. The number of hydrogen-bond donors (Lipinski definition) is 3. The van der Waals surface area contributed by atoms with Gasteiger partial charge in [-0.05, 0) is 43.9 Å². The van der Waals surface area contributed by atoms with Gasteiger partial charge in [0.05, 0.1) is 13.2 Å². The van der Waals surface area contributed by atoms with Crippen molar-refractivity contribution in [3.05, 3.63) is 30.0 Å². The van der Waals surface area contributed by atoms with Crippen molar-refractivity contribution in [1.29, 1.82) is 5.26 Å². The molecular formula is C22H25N5O4. The molecule has 2 aliphatic heterocycles. The van der Waals surface area contributed by atoms with E-state index in [1.165, 1.54) is 0 Å². The summed E-state index contributed by atoms with van der Waals surface area (Å²) in [5.41, 5.74) is 1.17. The molecule has 3 heterocycles. The average Bonchev–Trinajstić information content (AvgIpc) is 3.52. The highest BCUT2D eigenvalue weighted by atomic mass is 16.5. The molecule has 3 amide bonds.